The molecule has 1 N–H and O–H groups in total. The molecule has 0 saturated carbocycles. The van der Waals surface area contributed by atoms with E-state index in [0.717, 1.165) is 18.4 Å². The van der Waals surface area contributed by atoms with Gasteiger partial charge in [0.15, 0.2) is 0 Å². The number of nitro groups is 1. The zero-order valence-electron chi connectivity index (χ0n) is 13.7. The predicted octanol–water partition coefficient (Wildman–Crippen LogP) is 3.32. The number of para-hydroxylation sites is 1. The lowest BCUT2D eigenvalue weighted by atomic mass is 10.00. The molecule has 1 heterocycles. The van der Waals surface area contributed by atoms with Gasteiger partial charge in [0.2, 0.25) is 0 Å². The summed E-state index contributed by atoms with van der Waals surface area (Å²) >= 11 is 0. The molecule has 2 aromatic rings. The van der Waals surface area contributed by atoms with E-state index in [2.05, 4.69) is 0 Å². The number of nitrogens with zero attached hydrogens (tertiary/aromatic N) is 2. The van der Waals surface area contributed by atoms with Crippen molar-refractivity contribution in [3.05, 3.63) is 75.8 Å². The van der Waals surface area contributed by atoms with Gasteiger partial charge in [0, 0.05) is 18.7 Å². The van der Waals surface area contributed by atoms with Crippen molar-refractivity contribution in [2.24, 2.45) is 0 Å². The molecule has 1 saturated heterocycles. The Morgan fingerprint density at radius 2 is 1.88 bits per heavy atom. The highest BCUT2D eigenvalue weighted by atomic mass is 16.6. The Labute approximate surface area is 145 Å². The molecule has 2 unspecified atom stereocenters. The summed E-state index contributed by atoms with van der Waals surface area (Å²) in [6.07, 6.45) is 1.39. The van der Waals surface area contributed by atoms with E-state index in [1.165, 1.54) is 12.1 Å². The van der Waals surface area contributed by atoms with E-state index >= 15 is 0 Å². The fraction of sp³-hybridized carbons (Fsp3) is 0.316. The van der Waals surface area contributed by atoms with Gasteiger partial charge in [-0.15, -0.1) is 0 Å². The van der Waals surface area contributed by atoms with Gasteiger partial charge in [0.1, 0.15) is 5.56 Å². The standard InChI is InChI=1S/C19H20N2O4/c22-18(14-7-2-1-3-8-14)13-15-9-6-12-20(15)19(23)16-10-4-5-11-17(16)21(24)25/h1-5,7-8,10-11,15,18,22H,6,9,12-13H2. The molecule has 1 fully saturated rings. The molecule has 0 bridgehead atoms. The zero-order valence-corrected chi connectivity index (χ0v) is 13.7. The monoisotopic (exact) mass is 340 g/mol. The molecule has 2 atom stereocenters. The van der Waals surface area contributed by atoms with E-state index in [4.69, 9.17) is 0 Å². The van der Waals surface area contributed by atoms with Crippen molar-refractivity contribution in [2.45, 2.75) is 31.4 Å². The van der Waals surface area contributed by atoms with Gasteiger partial charge in [-0.25, -0.2) is 0 Å². The third kappa shape index (κ3) is 3.69. The van der Waals surface area contributed by atoms with Crippen LogP contribution in [0.3, 0.4) is 0 Å². The summed E-state index contributed by atoms with van der Waals surface area (Å²) in [5.74, 6) is -0.338. The van der Waals surface area contributed by atoms with Crippen molar-refractivity contribution in [2.75, 3.05) is 6.54 Å². The lowest BCUT2D eigenvalue weighted by Gasteiger charge is -2.26. The van der Waals surface area contributed by atoms with Gasteiger partial charge in [-0.2, -0.15) is 0 Å². The molecule has 1 aliphatic rings. The molecule has 1 aliphatic heterocycles. The predicted molar refractivity (Wildman–Crippen MR) is 93.2 cm³/mol. The number of rotatable bonds is 5. The third-order valence-electron chi connectivity index (χ3n) is 4.65. The Hall–Kier alpha value is -2.73. The summed E-state index contributed by atoms with van der Waals surface area (Å²) in [6.45, 7) is 0.553. The van der Waals surface area contributed by atoms with Crippen LogP contribution >= 0.6 is 0 Å². The first-order valence-electron chi connectivity index (χ1n) is 8.35. The van der Waals surface area contributed by atoms with E-state index in [1.807, 2.05) is 30.3 Å². The van der Waals surface area contributed by atoms with Gasteiger partial charge in [0.05, 0.1) is 11.0 Å². The SMILES string of the molecule is O=C(c1ccccc1[N+](=O)[O-])N1CCCC1CC(O)c1ccccc1. The molecule has 6 nitrogen and oxygen atoms in total. The number of hydrogen-bond donors (Lipinski definition) is 1. The van der Waals surface area contributed by atoms with E-state index < -0.39 is 11.0 Å². The maximum Gasteiger partial charge on any atom is 0.282 e. The third-order valence-corrected chi connectivity index (χ3v) is 4.65. The minimum absolute atomic E-state index is 0.105. The number of aliphatic hydroxyl groups excluding tert-OH is 1. The van der Waals surface area contributed by atoms with Gasteiger partial charge in [-0.05, 0) is 30.9 Å². The van der Waals surface area contributed by atoms with Gasteiger partial charge in [-0.1, -0.05) is 42.5 Å². The van der Waals surface area contributed by atoms with E-state index in [1.54, 1.807) is 17.0 Å². The molecule has 0 aliphatic carbocycles. The van der Waals surface area contributed by atoms with Crippen LogP contribution in [0.2, 0.25) is 0 Å². The van der Waals surface area contributed by atoms with Crippen molar-refractivity contribution in [1.29, 1.82) is 0 Å². The second-order valence-electron chi connectivity index (χ2n) is 6.23. The molecule has 2 aromatic carbocycles. The topological polar surface area (TPSA) is 83.7 Å². The highest BCUT2D eigenvalue weighted by Gasteiger charge is 2.33. The summed E-state index contributed by atoms with van der Waals surface area (Å²) in [4.78, 5) is 25.2. The molecular weight excluding hydrogens is 320 g/mol. The van der Waals surface area contributed by atoms with E-state index in [9.17, 15) is 20.0 Å². The normalized spacial score (nSPS) is 18.1. The summed E-state index contributed by atoms with van der Waals surface area (Å²) in [5.41, 5.74) is 0.739. The van der Waals surface area contributed by atoms with Crippen LogP contribution in [0.25, 0.3) is 0 Å². The number of aliphatic hydroxyl groups is 1. The van der Waals surface area contributed by atoms with E-state index in [0.29, 0.717) is 13.0 Å². The Balaban J connectivity index is 1.78. The highest BCUT2D eigenvalue weighted by Crippen LogP contribution is 2.30. The highest BCUT2D eigenvalue weighted by molar-refractivity contribution is 5.98. The quantitative estimate of drug-likeness (QED) is 0.668. The fourth-order valence-corrected chi connectivity index (χ4v) is 3.39. The summed E-state index contributed by atoms with van der Waals surface area (Å²) in [5, 5.41) is 21.6. The van der Waals surface area contributed by atoms with Crippen molar-refractivity contribution < 1.29 is 14.8 Å². The van der Waals surface area contributed by atoms with Gasteiger partial charge in [-0.3, -0.25) is 14.9 Å². The maximum absolute atomic E-state index is 12.8. The van der Waals surface area contributed by atoms with Crippen LogP contribution in [0.5, 0.6) is 0 Å². The fourth-order valence-electron chi connectivity index (χ4n) is 3.39. The Bertz CT molecular complexity index is 763. The van der Waals surface area contributed by atoms with Crippen LogP contribution in [0.1, 0.15) is 41.3 Å². The molecule has 0 radical (unpaired) electrons. The Morgan fingerprint density at radius 1 is 1.20 bits per heavy atom. The van der Waals surface area contributed by atoms with Gasteiger partial charge >= 0.3 is 0 Å². The zero-order chi connectivity index (χ0) is 17.8. The summed E-state index contributed by atoms with van der Waals surface area (Å²) in [7, 11) is 0. The van der Waals surface area contributed by atoms with Gasteiger partial charge < -0.3 is 10.0 Å². The first-order chi connectivity index (χ1) is 12.1. The number of benzene rings is 2. The van der Waals surface area contributed by atoms with Crippen LogP contribution in [-0.4, -0.2) is 33.4 Å². The van der Waals surface area contributed by atoms with Crippen molar-refractivity contribution >= 4 is 11.6 Å². The molecule has 1 amide bonds. The maximum atomic E-state index is 12.8. The Morgan fingerprint density at radius 3 is 2.60 bits per heavy atom. The average Bonchev–Trinajstić information content (AvgIpc) is 3.09. The molecule has 130 valence electrons. The van der Waals surface area contributed by atoms with Crippen LogP contribution in [-0.2, 0) is 0 Å². The van der Waals surface area contributed by atoms with Crippen LogP contribution in [0, 0.1) is 10.1 Å². The second kappa shape index (κ2) is 7.44. The van der Waals surface area contributed by atoms with Crippen molar-refractivity contribution in [1.82, 2.24) is 4.90 Å². The second-order valence-corrected chi connectivity index (χ2v) is 6.23. The smallest absolute Gasteiger partial charge is 0.282 e. The molecule has 3 rings (SSSR count). The molecule has 6 heteroatoms. The number of nitro benzene ring substituents is 1. The molecule has 25 heavy (non-hydrogen) atoms. The number of amides is 1. The number of hydrogen-bond acceptors (Lipinski definition) is 4. The lowest BCUT2D eigenvalue weighted by Crippen LogP contribution is -2.36. The first-order valence-corrected chi connectivity index (χ1v) is 8.35. The summed E-state index contributed by atoms with van der Waals surface area (Å²) < 4.78 is 0. The van der Waals surface area contributed by atoms with Crippen LogP contribution < -0.4 is 0 Å². The van der Waals surface area contributed by atoms with Crippen molar-refractivity contribution in [3.63, 3.8) is 0 Å². The number of carbonyl (C=O) groups excluding carboxylic acids is 1. The Kier molecular flexibility index (Phi) is 5.09. The first kappa shape index (κ1) is 17.1. The number of carbonyl (C=O) groups is 1. The minimum Gasteiger partial charge on any atom is -0.388 e. The largest absolute Gasteiger partial charge is 0.388 e. The van der Waals surface area contributed by atoms with Crippen LogP contribution in [0.15, 0.2) is 54.6 Å². The lowest BCUT2D eigenvalue weighted by molar-refractivity contribution is -0.385. The number of likely N-dealkylation sites (tertiary alicyclic amines) is 1. The average molecular weight is 340 g/mol. The van der Waals surface area contributed by atoms with Gasteiger partial charge in [0.25, 0.3) is 11.6 Å². The summed E-state index contributed by atoms with van der Waals surface area (Å²) in [6, 6.07) is 15.2. The molecule has 0 aromatic heterocycles. The molecule has 0 spiro atoms. The van der Waals surface area contributed by atoms with Crippen LogP contribution in [0.4, 0.5) is 5.69 Å². The van der Waals surface area contributed by atoms with E-state index in [-0.39, 0.29) is 23.2 Å². The molecular formula is C19H20N2O4. The minimum atomic E-state index is -0.662. The van der Waals surface area contributed by atoms with Crippen molar-refractivity contribution in [3.8, 4) is 0 Å².